The molecule has 3 nitrogen and oxygen atoms in total. The quantitative estimate of drug-likeness (QED) is 0.166. The van der Waals surface area contributed by atoms with Gasteiger partial charge in [0, 0.05) is 0 Å². The van der Waals surface area contributed by atoms with E-state index in [0.29, 0.717) is 17.2 Å². The zero-order chi connectivity index (χ0) is 24.9. The molecule has 0 saturated heterocycles. The first-order valence-corrected chi connectivity index (χ1v) is 14.0. The SMILES string of the molecule is CCCCCCCCCc1ccc(OC(=O)C2CCC(c3ccc(CCC)cc3)CC2)c(C#N)c1. The number of hydrogen-bond acceptors (Lipinski definition) is 3. The number of aryl methyl sites for hydroxylation is 2. The molecule has 0 atom stereocenters. The Morgan fingerprint density at radius 3 is 2.14 bits per heavy atom. The average molecular weight is 474 g/mol. The van der Waals surface area contributed by atoms with Crippen LogP contribution in [0.4, 0.5) is 0 Å². The van der Waals surface area contributed by atoms with E-state index in [1.165, 1.54) is 56.1 Å². The van der Waals surface area contributed by atoms with Crippen molar-refractivity contribution in [2.75, 3.05) is 0 Å². The van der Waals surface area contributed by atoms with Crippen LogP contribution in [0.5, 0.6) is 5.75 Å². The Labute approximate surface area is 212 Å². The summed E-state index contributed by atoms with van der Waals surface area (Å²) in [6.07, 6.45) is 15.9. The molecule has 188 valence electrons. The second kappa shape index (κ2) is 14.7. The van der Waals surface area contributed by atoms with Crippen LogP contribution in [0.1, 0.15) is 119 Å². The highest BCUT2D eigenvalue weighted by molar-refractivity contribution is 5.76. The minimum absolute atomic E-state index is 0.0791. The summed E-state index contributed by atoms with van der Waals surface area (Å²) in [5.41, 5.74) is 4.41. The van der Waals surface area contributed by atoms with E-state index in [-0.39, 0.29) is 11.9 Å². The van der Waals surface area contributed by atoms with Crippen LogP contribution in [0, 0.1) is 17.2 Å². The van der Waals surface area contributed by atoms with Gasteiger partial charge in [-0.2, -0.15) is 5.26 Å². The number of nitriles is 1. The van der Waals surface area contributed by atoms with Gasteiger partial charge in [-0.1, -0.05) is 89.1 Å². The average Bonchev–Trinajstić information content (AvgIpc) is 2.89. The van der Waals surface area contributed by atoms with E-state index in [4.69, 9.17) is 4.74 Å². The molecule has 3 heteroatoms. The lowest BCUT2D eigenvalue weighted by atomic mass is 9.78. The van der Waals surface area contributed by atoms with E-state index in [9.17, 15) is 10.1 Å². The third kappa shape index (κ3) is 8.53. The Morgan fingerprint density at radius 2 is 1.49 bits per heavy atom. The molecule has 1 aliphatic rings. The second-order valence-corrected chi connectivity index (χ2v) is 10.3. The molecule has 0 bridgehead atoms. The van der Waals surface area contributed by atoms with Gasteiger partial charge >= 0.3 is 5.97 Å². The molecule has 0 N–H and O–H groups in total. The summed E-state index contributed by atoms with van der Waals surface area (Å²) < 4.78 is 5.73. The number of nitrogens with zero attached hydrogens (tertiary/aromatic N) is 1. The molecule has 0 aliphatic heterocycles. The van der Waals surface area contributed by atoms with Gasteiger partial charge in [0.15, 0.2) is 0 Å². The lowest BCUT2D eigenvalue weighted by molar-refractivity contribution is -0.140. The zero-order valence-electron chi connectivity index (χ0n) is 21.9. The van der Waals surface area contributed by atoms with Crippen molar-refractivity contribution >= 4 is 5.97 Å². The van der Waals surface area contributed by atoms with Crippen LogP contribution in [-0.4, -0.2) is 5.97 Å². The molecule has 0 aromatic heterocycles. The summed E-state index contributed by atoms with van der Waals surface area (Å²) in [6, 6.07) is 17.0. The molecule has 0 spiro atoms. The van der Waals surface area contributed by atoms with E-state index in [1.54, 1.807) is 0 Å². The van der Waals surface area contributed by atoms with Crippen molar-refractivity contribution in [2.45, 2.75) is 110 Å². The first-order valence-electron chi connectivity index (χ1n) is 14.0. The number of rotatable bonds is 13. The number of carbonyl (C=O) groups excluding carboxylic acids is 1. The fourth-order valence-corrected chi connectivity index (χ4v) is 5.29. The molecular formula is C32H43NO2. The smallest absolute Gasteiger partial charge is 0.314 e. The summed E-state index contributed by atoms with van der Waals surface area (Å²) in [4.78, 5) is 12.9. The van der Waals surface area contributed by atoms with E-state index in [2.05, 4.69) is 44.2 Å². The van der Waals surface area contributed by atoms with Crippen LogP contribution in [0.25, 0.3) is 0 Å². The maximum atomic E-state index is 12.9. The van der Waals surface area contributed by atoms with Gasteiger partial charge in [-0.05, 0) is 79.7 Å². The Kier molecular flexibility index (Phi) is 11.4. The van der Waals surface area contributed by atoms with Crippen LogP contribution in [0.3, 0.4) is 0 Å². The fraction of sp³-hybridized carbons (Fsp3) is 0.562. The van der Waals surface area contributed by atoms with E-state index >= 15 is 0 Å². The molecule has 2 aromatic carbocycles. The van der Waals surface area contributed by atoms with Crippen LogP contribution in [0.2, 0.25) is 0 Å². The molecule has 0 unspecified atom stereocenters. The second-order valence-electron chi connectivity index (χ2n) is 10.3. The topological polar surface area (TPSA) is 50.1 Å². The van der Waals surface area contributed by atoms with Crippen LogP contribution in [-0.2, 0) is 17.6 Å². The Morgan fingerprint density at radius 1 is 0.829 bits per heavy atom. The van der Waals surface area contributed by atoms with Crippen molar-refractivity contribution in [2.24, 2.45) is 5.92 Å². The molecule has 2 aromatic rings. The molecule has 1 aliphatic carbocycles. The molecule has 35 heavy (non-hydrogen) atoms. The standard InChI is InChI=1S/C32H43NO2/c1-3-5-6-7-8-9-10-12-26-15-22-31(30(23-26)24-33)35-32(34)29-20-18-28(19-21-29)27-16-13-25(11-4-2)14-17-27/h13-17,22-23,28-29H,3-12,18-21H2,1-2H3. The van der Waals surface area contributed by atoms with Gasteiger partial charge in [0.2, 0.25) is 0 Å². The fourth-order valence-electron chi connectivity index (χ4n) is 5.29. The van der Waals surface area contributed by atoms with Gasteiger partial charge in [0.05, 0.1) is 11.5 Å². The van der Waals surface area contributed by atoms with Crippen molar-refractivity contribution < 1.29 is 9.53 Å². The summed E-state index contributed by atoms with van der Waals surface area (Å²) in [7, 11) is 0. The number of hydrogen-bond donors (Lipinski definition) is 0. The maximum Gasteiger partial charge on any atom is 0.314 e. The maximum absolute atomic E-state index is 12.9. The third-order valence-electron chi connectivity index (χ3n) is 7.49. The Balaban J connectivity index is 1.45. The van der Waals surface area contributed by atoms with Gasteiger partial charge in [0.1, 0.15) is 11.8 Å². The van der Waals surface area contributed by atoms with Crippen LogP contribution < -0.4 is 4.74 Å². The molecule has 3 rings (SSSR count). The minimum Gasteiger partial charge on any atom is -0.425 e. The normalized spacial score (nSPS) is 17.6. The van der Waals surface area contributed by atoms with E-state index in [0.717, 1.165) is 50.5 Å². The van der Waals surface area contributed by atoms with Gasteiger partial charge < -0.3 is 4.74 Å². The molecular weight excluding hydrogens is 430 g/mol. The molecule has 0 radical (unpaired) electrons. The van der Waals surface area contributed by atoms with Gasteiger partial charge in [-0.15, -0.1) is 0 Å². The highest BCUT2D eigenvalue weighted by atomic mass is 16.5. The predicted molar refractivity (Wildman–Crippen MR) is 144 cm³/mol. The first-order chi connectivity index (χ1) is 17.1. The molecule has 0 heterocycles. The Hall–Kier alpha value is -2.60. The van der Waals surface area contributed by atoms with Crippen molar-refractivity contribution in [1.29, 1.82) is 5.26 Å². The lowest BCUT2D eigenvalue weighted by Crippen LogP contribution is -2.25. The number of unbranched alkanes of at least 4 members (excludes halogenated alkanes) is 6. The minimum atomic E-state index is -0.182. The van der Waals surface area contributed by atoms with Gasteiger partial charge in [-0.25, -0.2) is 0 Å². The largest absolute Gasteiger partial charge is 0.425 e. The Bertz CT molecular complexity index is 949. The monoisotopic (exact) mass is 473 g/mol. The van der Waals surface area contributed by atoms with Crippen LogP contribution >= 0.6 is 0 Å². The summed E-state index contributed by atoms with van der Waals surface area (Å²) in [6.45, 7) is 4.45. The summed E-state index contributed by atoms with van der Waals surface area (Å²) >= 11 is 0. The van der Waals surface area contributed by atoms with Gasteiger partial charge in [-0.3, -0.25) is 4.79 Å². The zero-order valence-corrected chi connectivity index (χ0v) is 21.9. The lowest BCUT2D eigenvalue weighted by Gasteiger charge is -2.27. The number of benzene rings is 2. The molecule has 1 saturated carbocycles. The highest BCUT2D eigenvalue weighted by Gasteiger charge is 2.29. The molecule has 1 fully saturated rings. The number of ether oxygens (including phenoxy) is 1. The predicted octanol–water partition coefficient (Wildman–Crippen LogP) is 8.68. The van der Waals surface area contributed by atoms with Crippen molar-refractivity contribution in [3.8, 4) is 11.8 Å². The van der Waals surface area contributed by atoms with Crippen molar-refractivity contribution in [3.05, 3.63) is 64.7 Å². The third-order valence-corrected chi connectivity index (χ3v) is 7.49. The summed E-state index contributed by atoms with van der Waals surface area (Å²) in [5.74, 6) is 0.674. The number of carbonyl (C=O) groups is 1. The highest BCUT2D eigenvalue weighted by Crippen LogP contribution is 2.37. The van der Waals surface area contributed by atoms with Gasteiger partial charge in [0.25, 0.3) is 0 Å². The van der Waals surface area contributed by atoms with Crippen LogP contribution in [0.15, 0.2) is 42.5 Å². The first kappa shape index (κ1) is 27.0. The van der Waals surface area contributed by atoms with E-state index < -0.39 is 0 Å². The van der Waals surface area contributed by atoms with Crippen molar-refractivity contribution in [3.63, 3.8) is 0 Å². The molecule has 0 amide bonds. The number of esters is 1. The van der Waals surface area contributed by atoms with E-state index in [1.807, 2.05) is 18.2 Å². The van der Waals surface area contributed by atoms with Crippen molar-refractivity contribution in [1.82, 2.24) is 0 Å². The summed E-state index contributed by atoms with van der Waals surface area (Å²) in [5, 5.41) is 9.63.